The number of hydrogen-bond acceptors (Lipinski definition) is 7. The molecule has 4 atom stereocenters. The van der Waals surface area contributed by atoms with E-state index in [-0.39, 0.29) is 17.1 Å². The molecule has 3 heterocycles. The number of nitrogens with zero attached hydrogens (tertiary/aromatic N) is 3. The van der Waals surface area contributed by atoms with Crippen molar-refractivity contribution < 1.29 is 24.6 Å². The first-order valence-electron chi connectivity index (χ1n) is 6.32. The highest BCUT2D eigenvalue weighted by molar-refractivity contribution is 5.67. The number of aliphatic hydroxyl groups is 3. The fourth-order valence-electron chi connectivity index (χ4n) is 2.57. The van der Waals surface area contributed by atoms with E-state index in [9.17, 15) is 15.0 Å². The standard InChI is InChI=1S/C11H15N5O5/c1-15-3-16(8-5(15)9(20)14-11(12)13-8)10-7(19)6(18)4(2-17)21-10/h3-4,6-7,10,17-19H,2H2,1H3,(H2-,12,13,14,20)/p+1/t4-,6?,7?,10-/m0/s1. The van der Waals surface area contributed by atoms with Gasteiger partial charge in [0.1, 0.15) is 18.3 Å². The summed E-state index contributed by atoms with van der Waals surface area (Å²) in [7, 11) is 1.63. The number of aromatic nitrogens is 4. The number of fused-ring (bicyclic) bond motifs is 1. The van der Waals surface area contributed by atoms with Crippen LogP contribution in [0, 0.1) is 0 Å². The smallest absolute Gasteiger partial charge is 0.313 e. The number of aliphatic hydroxyl groups excluding tert-OH is 3. The Labute approximate surface area is 118 Å². The van der Waals surface area contributed by atoms with Crippen LogP contribution in [0.15, 0.2) is 11.1 Å². The van der Waals surface area contributed by atoms with E-state index in [0.29, 0.717) is 0 Å². The first-order chi connectivity index (χ1) is 9.93. The maximum Gasteiger partial charge on any atom is 0.313 e. The number of rotatable bonds is 2. The molecule has 2 unspecified atom stereocenters. The number of hydrogen-bond donors (Lipinski definition) is 5. The lowest BCUT2D eigenvalue weighted by Crippen LogP contribution is -2.46. The summed E-state index contributed by atoms with van der Waals surface area (Å²) in [5, 5.41) is 29.0. The molecule has 0 spiro atoms. The van der Waals surface area contributed by atoms with Gasteiger partial charge in [0, 0.05) is 0 Å². The minimum absolute atomic E-state index is 0.0702. The fraction of sp³-hybridized carbons (Fsp3) is 0.545. The summed E-state index contributed by atoms with van der Waals surface area (Å²) in [6.45, 7) is -0.434. The maximum absolute atomic E-state index is 11.9. The van der Waals surface area contributed by atoms with Gasteiger partial charge in [-0.2, -0.15) is 0 Å². The second-order valence-corrected chi connectivity index (χ2v) is 4.99. The van der Waals surface area contributed by atoms with E-state index in [2.05, 4.69) is 9.97 Å². The quantitative estimate of drug-likeness (QED) is 0.365. The van der Waals surface area contributed by atoms with Gasteiger partial charge in [-0.15, -0.1) is 0 Å². The van der Waals surface area contributed by atoms with Gasteiger partial charge in [-0.05, 0) is 0 Å². The van der Waals surface area contributed by atoms with Crippen molar-refractivity contribution in [2.24, 2.45) is 7.05 Å². The molecule has 2 aromatic heterocycles. The number of imidazole rings is 1. The van der Waals surface area contributed by atoms with Crippen LogP contribution in [0.4, 0.5) is 5.95 Å². The second kappa shape index (κ2) is 4.77. The Morgan fingerprint density at radius 2 is 2.24 bits per heavy atom. The third kappa shape index (κ3) is 2.00. The number of aromatic amines is 1. The number of aryl methyl sites for hydroxylation is 1. The predicted octanol–water partition coefficient (Wildman–Crippen LogP) is -3.26. The molecule has 0 amide bonds. The van der Waals surface area contributed by atoms with Crippen LogP contribution in [0.1, 0.15) is 6.23 Å². The van der Waals surface area contributed by atoms with Gasteiger partial charge in [0.2, 0.25) is 11.7 Å². The summed E-state index contributed by atoms with van der Waals surface area (Å²) < 4.78 is 8.35. The average molecular weight is 298 g/mol. The molecule has 0 radical (unpaired) electrons. The van der Waals surface area contributed by atoms with E-state index in [4.69, 9.17) is 15.6 Å². The molecule has 10 nitrogen and oxygen atoms in total. The minimum Gasteiger partial charge on any atom is -0.394 e. The molecule has 0 bridgehead atoms. The van der Waals surface area contributed by atoms with Crippen LogP contribution in [0.5, 0.6) is 0 Å². The van der Waals surface area contributed by atoms with Crippen molar-refractivity contribution in [3.63, 3.8) is 0 Å². The lowest BCUT2D eigenvalue weighted by atomic mass is 10.1. The molecule has 2 aromatic rings. The summed E-state index contributed by atoms with van der Waals surface area (Å²) in [5.41, 5.74) is 5.58. The Morgan fingerprint density at radius 3 is 2.86 bits per heavy atom. The van der Waals surface area contributed by atoms with Crippen LogP contribution >= 0.6 is 0 Å². The molecule has 3 rings (SSSR count). The zero-order valence-electron chi connectivity index (χ0n) is 11.2. The molecule has 10 heteroatoms. The Kier molecular flexibility index (Phi) is 3.17. The van der Waals surface area contributed by atoms with E-state index < -0.39 is 36.7 Å². The van der Waals surface area contributed by atoms with Crippen LogP contribution in [-0.2, 0) is 11.8 Å². The number of anilines is 1. The SMILES string of the molecule is Cn1c[n+]([C@H]2O[C@@H](CO)C(O)C2O)c2nc(N)[nH]c(=O)c21. The van der Waals surface area contributed by atoms with Crippen molar-refractivity contribution >= 4 is 17.1 Å². The van der Waals surface area contributed by atoms with E-state index >= 15 is 0 Å². The normalized spacial score (nSPS) is 29.3. The van der Waals surface area contributed by atoms with Gasteiger partial charge in [-0.1, -0.05) is 4.98 Å². The van der Waals surface area contributed by atoms with E-state index in [1.807, 2.05) is 0 Å². The van der Waals surface area contributed by atoms with Gasteiger partial charge >= 0.3 is 5.65 Å². The first-order valence-corrected chi connectivity index (χ1v) is 6.32. The molecule has 1 aliphatic heterocycles. The third-order valence-electron chi connectivity index (χ3n) is 3.58. The van der Waals surface area contributed by atoms with Crippen LogP contribution < -0.4 is 15.9 Å². The van der Waals surface area contributed by atoms with Gasteiger partial charge in [0.05, 0.1) is 13.7 Å². The Bertz CT molecular complexity index is 740. The summed E-state index contributed by atoms with van der Waals surface area (Å²) >= 11 is 0. The highest BCUT2D eigenvalue weighted by Crippen LogP contribution is 2.26. The predicted molar refractivity (Wildman–Crippen MR) is 69.0 cm³/mol. The monoisotopic (exact) mass is 298 g/mol. The minimum atomic E-state index is -1.26. The molecule has 0 aliphatic carbocycles. The topological polar surface area (TPSA) is 150 Å². The second-order valence-electron chi connectivity index (χ2n) is 4.99. The van der Waals surface area contributed by atoms with E-state index in [1.165, 1.54) is 15.5 Å². The van der Waals surface area contributed by atoms with Crippen LogP contribution in [0.25, 0.3) is 11.2 Å². The molecule has 1 saturated heterocycles. The molecule has 1 aliphatic rings. The number of nitrogens with two attached hydrogens (primary N) is 1. The number of H-pyrrole nitrogens is 1. The third-order valence-corrected chi connectivity index (χ3v) is 3.58. The molecule has 6 N–H and O–H groups in total. The molecule has 21 heavy (non-hydrogen) atoms. The van der Waals surface area contributed by atoms with Gasteiger partial charge in [-0.25, -0.2) is 4.57 Å². The summed E-state index contributed by atoms with van der Waals surface area (Å²) in [6, 6.07) is 0. The van der Waals surface area contributed by atoms with E-state index in [0.717, 1.165) is 0 Å². The van der Waals surface area contributed by atoms with Crippen molar-refractivity contribution in [2.75, 3.05) is 12.3 Å². The van der Waals surface area contributed by atoms with Gasteiger partial charge in [0.25, 0.3) is 11.5 Å². The highest BCUT2D eigenvalue weighted by atomic mass is 16.6. The maximum atomic E-state index is 11.9. The number of ether oxygens (including phenoxy) is 1. The van der Waals surface area contributed by atoms with Gasteiger partial charge in [-0.3, -0.25) is 14.3 Å². The molecule has 1 fully saturated rings. The summed E-state index contributed by atoms with van der Waals surface area (Å²) in [6.07, 6.45) is -2.88. The van der Waals surface area contributed by atoms with Crippen molar-refractivity contribution in [1.82, 2.24) is 14.5 Å². The molecule has 0 saturated carbocycles. The Balaban J connectivity index is 2.16. The molecular formula is C11H16N5O5+. The summed E-state index contributed by atoms with van der Waals surface area (Å²) in [4.78, 5) is 18.3. The number of nitrogen functional groups attached to an aromatic ring is 1. The summed E-state index contributed by atoms with van der Waals surface area (Å²) in [5.74, 6) is -0.0702. The zero-order chi connectivity index (χ0) is 15.3. The van der Waals surface area contributed by atoms with Gasteiger partial charge in [0.15, 0.2) is 6.33 Å². The molecule has 0 aromatic carbocycles. The number of nitrogens with one attached hydrogen (secondary N) is 1. The van der Waals surface area contributed by atoms with Crippen molar-refractivity contribution in [3.05, 3.63) is 16.7 Å². The van der Waals surface area contributed by atoms with Crippen LogP contribution in [-0.4, -0.2) is 54.8 Å². The van der Waals surface area contributed by atoms with Crippen LogP contribution in [0.2, 0.25) is 0 Å². The fourth-order valence-corrected chi connectivity index (χ4v) is 2.57. The van der Waals surface area contributed by atoms with Crippen molar-refractivity contribution in [1.29, 1.82) is 0 Å². The Hall–Kier alpha value is -2.01. The molecular weight excluding hydrogens is 282 g/mol. The molecule has 114 valence electrons. The van der Waals surface area contributed by atoms with Crippen molar-refractivity contribution in [3.8, 4) is 0 Å². The first kappa shape index (κ1) is 13.9. The van der Waals surface area contributed by atoms with Gasteiger partial charge < -0.3 is 25.8 Å². The Morgan fingerprint density at radius 1 is 1.52 bits per heavy atom. The van der Waals surface area contributed by atoms with E-state index in [1.54, 1.807) is 7.05 Å². The largest absolute Gasteiger partial charge is 0.394 e. The van der Waals surface area contributed by atoms with Crippen molar-refractivity contribution in [2.45, 2.75) is 24.5 Å². The highest BCUT2D eigenvalue weighted by Gasteiger charge is 2.46. The van der Waals surface area contributed by atoms with Crippen LogP contribution in [0.3, 0.4) is 0 Å². The lowest BCUT2D eigenvalue weighted by molar-refractivity contribution is -0.745. The zero-order valence-corrected chi connectivity index (χ0v) is 11.2. The average Bonchev–Trinajstić information content (AvgIpc) is 2.89. The lowest BCUT2D eigenvalue weighted by Gasteiger charge is -2.11.